The first-order chi connectivity index (χ1) is 21.5. The van der Waals surface area contributed by atoms with Crippen molar-refractivity contribution in [3.05, 3.63) is 42.0 Å². The van der Waals surface area contributed by atoms with Crippen molar-refractivity contribution >= 4 is 23.7 Å². The van der Waals surface area contributed by atoms with Gasteiger partial charge in [0, 0.05) is 12.7 Å². The highest BCUT2D eigenvalue weighted by Gasteiger charge is 2.38. The lowest BCUT2D eigenvalue weighted by molar-refractivity contribution is -0.163. The number of unbranched alkanes of at least 4 members (excludes halogenated alkanes) is 3. The molecule has 2 rings (SSSR count). The van der Waals surface area contributed by atoms with Crippen LogP contribution >= 0.6 is 0 Å². The molecule has 0 unspecified atom stereocenters. The van der Waals surface area contributed by atoms with Gasteiger partial charge in [0.2, 0.25) is 17.7 Å². The molecule has 1 aliphatic rings. The highest BCUT2D eigenvalue weighted by molar-refractivity contribution is 5.94. The van der Waals surface area contributed by atoms with Crippen LogP contribution in [0.5, 0.6) is 5.75 Å². The largest absolute Gasteiger partial charge is 0.497 e. The molecule has 4 N–H and O–H groups in total. The number of aliphatic hydroxyl groups excluding tert-OH is 1. The Morgan fingerprint density at radius 2 is 1.67 bits per heavy atom. The predicted octanol–water partition coefficient (Wildman–Crippen LogP) is 3.43. The molecule has 11 heteroatoms. The zero-order valence-corrected chi connectivity index (χ0v) is 27.7. The van der Waals surface area contributed by atoms with Gasteiger partial charge in [0.1, 0.15) is 23.9 Å². The second-order valence-corrected chi connectivity index (χ2v) is 12.1. The summed E-state index contributed by atoms with van der Waals surface area (Å²) in [6.07, 6.45) is 6.76. The minimum Gasteiger partial charge on any atom is -0.497 e. The van der Waals surface area contributed by atoms with Crippen molar-refractivity contribution in [2.45, 2.75) is 104 Å². The van der Waals surface area contributed by atoms with E-state index >= 15 is 0 Å². The third-order valence-corrected chi connectivity index (χ3v) is 8.04. The maximum absolute atomic E-state index is 13.9. The Morgan fingerprint density at radius 3 is 2.29 bits per heavy atom. The van der Waals surface area contributed by atoms with Gasteiger partial charge in [-0.25, -0.2) is 4.79 Å². The van der Waals surface area contributed by atoms with Gasteiger partial charge >= 0.3 is 5.97 Å². The molecule has 1 aromatic rings. The number of ether oxygens (including phenoxy) is 3. The number of rotatable bonds is 14. The van der Waals surface area contributed by atoms with Gasteiger partial charge in [0.15, 0.2) is 0 Å². The Bertz CT molecular complexity index is 1110. The van der Waals surface area contributed by atoms with Crippen LogP contribution in [0.15, 0.2) is 36.4 Å². The number of aliphatic hydroxyl groups is 1. The van der Waals surface area contributed by atoms with Gasteiger partial charge in [-0.15, -0.1) is 0 Å². The van der Waals surface area contributed by atoms with E-state index in [1.54, 1.807) is 21.0 Å². The fraction of sp³-hybridized carbons (Fsp3) is 0.647. The van der Waals surface area contributed by atoms with E-state index in [1.807, 2.05) is 31.2 Å². The van der Waals surface area contributed by atoms with Crippen molar-refractivity contribution in [3.8, 4) is 5.75 Å². The first kappa shape index (κ1) is 37.7. The van der Waals surface area contributed by atoms with E-state index in [-0.39, 0.29) is 24.9 Å². The van der Waals surface area contributed by atoms with Gasteiger partial charge in [-0.05, 0) is 49.3 Å². The summed E-state index contributed by atoms with van der Waals surface area (Å²) in [5.41, 5.74) is 0.933. The smallest absolute Gasteiger partial charge is 0.329 e. The van der Waals surface area contributed by atoms with E-state index < -0.39 is 60.4 Å². The number of hydrogen-bond donors (Lipinski definition) is 4. The Hall–Kier alpha value is -3.44. The molecule has 0 saturated heterocycles. The number of cyclic esters (lactones) is 1. The van der Waals surface area contributed by atoms with Crippen molar-refractivity contribution in [3.63, 3.8) is 0 Å². The Kier molecular flexibility index (Phi) is 16.6. The summed E-state index contributed by atoms with van der Waals surface area (Å²) >= 11 is 0. The fourth-order valence-corrected chi connectivity index (χ4v) is 5.18. The summed E-state index contributed by atoms with van der Waals surface area (Å²) in [6.45, 7) is 9.24. The monoisotopic (exact) mass is 631 g/mol. The van der Waals surface area contributed by atoms with Crippen LogP contribution in [0.1, 0.15) is 78.7 Å². The molecule has 0 spiro atoms. The van der Waals surface area contributed by atoms with Crippen molar-refractivity contribution < 1.29 is 38.5 Å². The number of methoxy groups -OCH3 is 1. The van der Waals surface area contributed by atoms with Crippen LogP contribution in [0, 0.1) is 17.8 Å². The van der Waals surface area contributed by atoms with Crippen molar-refractivity contribution in [1.82, 2.24) is 16.0 Å². The summed E-state index contributed by atoms with van der Waals surface area (Å²) in [7, 11) is 1.60. The van der Waals surface area contributed by atoms with Gasteiger partial charge in [-0.2, -0.15) is 0 Å². The second kappa shape index (κ2) is 19.8. The molecule has 0 saturated carbocycles. The van der Waals surface area contributed by atoms with Gasteiger partial charge in [0.25, 0.3) is 0 Å². The molecule has 0 aromatic heterocycles. The molecule has 1 heterocycles. The second-order valence-electron chi connectivity index (χ2n) is 12.1. The van der Waals surface area contributed by atoms with E-state index in [0.717, 1.165) is 43.4 Å². The third-order valence-electron chi connectivity index (χ3n) is 8.04. The van der Waals surface area contributed by atoms with Gasteiger partial charge in [-0.3, -0.25) is 14.4 Å². The molecule has 3 amide bonds. The normalized spacial score (nSPS) is 24.8. The van der Waals surface area contributed by atoms with Crippen LogP contribution in [0.4, 0.5) is 0 Å². The summed E-state index contributed by atoms with van der Waals surface area (Å²) in [5.74, 6) is -2.79. The zero-order chi connectivity index (χ0) is 33.4. The number of carbonyl (C=O) groups is 4. The van der Waals surface area contributed by atoms with E-state index in [2.05, 4.69) is 22.9 Å². The van der Waals surface area contributed by atoms with Crippen LogP contribution in [-0.4, -0.2) is 73.4 Å². The lowest BCUT2D eigenvalue weighted by Gasteiger charge is -2.33. The van der Waals surface area contributed by atoms with Crippen LogP contribution in [0.25, 0.3) is 0 Å². The molecule has 6 atom stereocenters. The van der Waals surface area contributed by atoms with Gasteiger partial charge in [-0.1, -0.05) is 71.6 Å². The number of amides is 3. The van der Waals surface area contributed by atoms with Crippen molar-refractivity contribution in [2.75, 3.05) is 20.3 Å². The minimum atomic E-state index is -0.993. The number of hydrogen-bond acceptors (Lipinski definition) is 8. The first-order valence-corrected chi connectivity index (χ1v) is 16.1. The molecule has 0 radical (unpaired) electrons. The maximum atomic E-state index is 13.9. The maximum Gasteiger partial charge on any atom is 0.329 e. The third kappa shape index (κ3) is 12.8. The van der Waals surface area contributed by atoms with Gasteiger partial charge < -0.3 is 35.3 Å². The molecule has 1 aromatic carbocycles. The summed E-state index contributed by atoms with van der Waals surface area (Å²) in [5, 5.41) is 18.1. The van der Waals surface area contributed by atoms with Crippen LogP contribution in [-0.2, 0) is 35.3 Å². The van der Waals surface area contributed by atoms with Crippen molar-refractivity contribution in [2.24, 2.45) is 17.8 Å². The highest BCUT2D eigenvalue weighted by Crippen LogP contribution is 2.27. The Morgan fingerprint density at radius 1 is 0.956 bits per heavy atom. The number of carbonyl (C=O) groups excluding carboxylic acids is 4. The van der Waals surface area contributed by atoms with E-state index in [4.69, 9.17) is 14.2 Å². The molecule has 252 valence electrons. The lowest BCUT2D eigenvalue weighted by atomic mass is 9.85. The van der Waals surface area contributed by atoms with Gasteiger partial charge in [0.05, 0.1) is 32.3 Å². The van der Waals surface area contributed by atoms with E-state index in [1.165, 1.54) is 19.1 Å². The molecule has 0 bridgehead atoms. The zero-order valence-electron chi connectivity index (χ0n) is 27.7. The van der Waals surface area contributed by atoms with E-state index in [9.17, 15) is 24.3 Å². The molecule has 0 fully saturated rings. The minimum absolute atomic E-state index is 0.187. The first-order valence-electron chi connectivity index (χ1n) is 16.1. The quantitative estimate of drug-likeness (QED) is 0.180. The van der Waals surface area contributed by atoms with Crippen LogP contribution in [0.3, 0.4) is 0 Å². The highest BCUT2D eigenvalue weighted by atomic mass is 16.5. The topological polar surface area (TPSA) is 152 Å². The Balaban J connectivity index is 2.41. The number of benzene rings is 1. The summed E-state index contributed by atoms with van der Waals surface area (Å²) in [6, 6.07) is 4.67. The van der Waals surface area contributed by atoms with Crippen LogP contribution < -0.4 is 20.7 Å². The molecule has 1 aliphatic heterocycles. The van der Waals surface area contributed by atoms with Crippen LogP contribution in [0.2, 0.25) is 0 Å². The Labute approximate surface area is 267 Å². The number of esters is 1. The summed E-state index contributed by atoms with van der Waals surface area (Å²) in [4.78, 5) is 53.0. The molecule has 11 nitrogen and oxygen atoms in total. The molecule has 45 heavy (non-hydrogen) atoms. The number of nitrogens with one attached hydrogen (secondary N) is 3. The molecular weight excluding hydrogens is 578 g/mol. The summed E-state index contributed by atoms with van der Waals surface area (Å²) < 4.78 is 17.3. The lowest BCUT2D eigenvalue weighted by Crippen LogP contribution is -2.53. The average molecular weight is 632 g/mol. The van der Waals surface area contributed by atoms with Crippen molar-refractivity contribution in [1.29, 1.82) is 0 Å². The standard InChI is InChI=1S/C34H53N3O8/c1-7-8-9-10-11-23(4)31-28(18-19-44-21-25-12-15-27(43-6)16-13-25)33(41)36-26(20-38)14-17-29(39)35-24(5)32(40)37-30(22(2)3)34(42)45-31/h12-17,22-24,26,28,30-31,38H,7-11,18-21H2,1-6H3,(H,35,39)(H,36,41)(H,37,40)/b17-14+/t23-,24-,26-,28+,30+,31+/m1/s1. The van der Waals surface area contributed by atoms with E-state index in [0.29, 0.717) is 6.61 Å². The SMILES string of the molecule is CCCCCC[C@@H](C)[C@@H]1OC(=O)[C@H](C(C)C)NC(=O)[C@@H](C)NC(=O)/C=C/[C@H](CO)NC(=O)[C@H]1CCOCc1ccc(OC)cc1. The average Bonchev–Trinajstić information content (AvgIpc) is 3.02. The molecular formula is C34H53N3O8. The predicted molar refractivity (Wildman–Crippen MR) is 171 cm³/mol. The fourth-order valence-electron chi connectivity index (χ4n) is 5.18. The molecule has 0 aliphatic carbocycles.